The molecule has 0 bridgehead atoms. The maximum Gasteiger partial charge on any atom is 0.143 e. The molecule has 41 heavy (non-hydrogen) atoms. The molecule has 9 rings (SSSR count). The third kappa shape index (κ3) is 3.18. The summed E-state index contributed by atoms with van der Waals surface area (Å²) in [6, 6.07) is 12.3. The third-order valence-corrected chi connectivity index (χ3v) is 7.75. The van der Waals surface area contributed by atoms with Gasteiger partial charge in [0.25, 0.3) is 0 Å². The lowest BCUT2D eigenvalue weighted by atomic mass is 9.84. The van der Waals surface area contributed by atoms with E-state index in [1.165, 1.54) is 0 Å². The van der Waals surface area contributed by atoms with Gasteiger partial charge in [-0.15, -0.1) is 0 Å². The van der Waals surface area contributed by atoms with Crippen molar-refractivity contribution in [3.63, 3.8) is 0 Å². The zero-order chi connectivity index (χ0) is 38.2. The van der Waals surface area contributed by atoms with Crippen LogP contribution in [0.1, 0.15) is 17.8 Å². The highest BCUT2D eigenvalue weighted by atomic mass is 16.3. The molecule has 1 heteroatoms. The van der Waals surface area contributed by atoms with Gasteiger partial charge < -0.3 is 4.42 Å². The van der Waals surface area contributed by atoms with E-state index in [0.29, 0.717) is 32.9 Å². The molecule has 0 atom stereocenters. The second-order valence-electron chi connectivity index (χ2n) is 9.86. The highest BCUT2D eigenvalue weighted by molar-refractivity contribution is 6.30. The smallest absolute Gasteiger partial charge is 0.143 e. The number of fused-ring (bicyclic) bond motifs is 9. The van der Waals surface area contributed by atoms with E-state index >= 15 is 0 Å². The van der Waals surface area contributed by atoms with Gasteiger partial charge in [0.1, 0.15) is 11.2 Å². The van der Waals surface area contributed by atoms with Crippen LogP contribution >= 0.6 is 0 Å². The quantitative estimate of drug-likeness (QED) is 0.201. The lowest BCUT2D eigenvalue weighted by Gasteiger charge is -2.18. The second-order valence-corrected chi connectivity index (χ2v) is 9.86. The van der Waals surface area contributed by atoms with Gasteiger partial charge in [-0.2, -0.15) is 0 Å². The Hall–Kier alpha value is -5.40. The normalized spacial score (nSPS) is 16.3. The second kappa shape index (κ2) is 8.55. The Bertz CT molecular complexity index is 3090. The van der Waals surface area contributed by atoms with Gasteiger partial charge in [-0.1, -0.05) is 133 Å². The fraction of sp³-hybridized carbons (Fsp3) is 0. The monoisotopic (exact) mass is 533 g/mol. The maximum absolute atomic E-state index is 9.40. The minimum Gasteiger partial charge on any atom is -0.455 e. The Kier molecular flexibility index (Phi) is 2.77. The van der Waals surface area contributed by atoms with Gasteiger partial charge in [0, 0.05) is 21.5 Å². The van der Waals surface area contributed by atoms with Crippen molar-refractivity contribution in [1.29, 1.82) is 0 Å². The molecule has 0 radical (unpaired) electrons. The van der Waals surface area contributed by atoms with Gasteiger partial charge in [-0.25, -0.2) is 0 Å². The third-order valence-electron chi connectivity index (χ3n) is 7.75. The van der Waals surface area contributed by atoms with Crippen molar-refractivity contribution in [2.45, 2.75) is 0 Å². The van der Waals surface area contributed by atoms with Crippen LogP contribution in [0.4, 0.5) is 0 Å². The minimum atomic E-state index is -0.716. The van der Waals surface area contributed by atoms with Crippen molar-refractivity contribution < 1.29 is 22.2 Å². The van der Waals surface area contributed by atoms with Crippen LogP contribution in [0.2, 0.25) is 0 Å². The van der Waals surface area contributed by atoms with Gasteiger partial charge in [0.2, 0.25) is 0 Å². The van der Waals surface area contributed by atoms with Crippen LogP contribution in [0.15, 0.2) is 150 Å². The summed E-state index contributed by atoms with van der Waals surface area (Å²) in [5, 5.41) is 3.53. The standard InChI is InChI=1S/C40H24O/c1-2-13-26(14-3-1)36-30-18-8-10-20-32(30)37(33-21-11-9-19-31(33)36)35-24-27-15-5-7-17-29(27)40-38(35)34-23-22-25-12-4-6-16-28(25)39(34)41-40/h1-24H/i1D,2D,3D,8D,9D,10D,11D,13D,14D,18D,19D,20D,21D. The molecule has 0 aliphatic rings. The first-order chi connectivity index (χ1) is 25.8. The van der Waals surface area contributed by atoms with E-state index in [0.717, 1.165) is 16.2 Å². The van der Waals surface area contributed by atoms with Gasteiger partial charge >= 0.3 is 0 Å². The summed E-state index contributed by atoms with van der Waals surface area (Å²) in [6.07, 6.45) is 0. The fourth-order valence-electron chi connectivity index (χ4n) is 6.06. The lowest BCUT2D eigenvalue weighted by Crippen LogP contribution is -1.91. The molecule has 1 nitrogen and oxygen atoms in total. The van der Waals surface area contributed by atoms with Crippen LogP contribution in [-0.4, -0.2) is 0 Å². The maximum atomic E-state index is 9.40. The average molecular weight is 534 g/mol. The van der Waals surface area contributed by atoms with Crippen LogP contribution in [0.25, 0.3) is 87.3 Å². The molecule has 0 N–H and O–H groups in total. The molecule has 8 aromatic carbocycles. The fourth-order valence-corrected chi connectivity index (χ4v) is 6.06. The lowest BCUT2D eigenvalue weighted by molar-refractivity contribution is 0.676. The van der Waals surface area contributed by atoms with Gasteiger partial charge in [-0.05, 0) is 66.7 Å². The van der Waals surface area contributed by atoms with Crippen molar-refractivity contribution in [2.75, 3.05) is 0 Å². The first-order valence-electron chi connectivity index (χ1n) is 19.6. The molecule has 1 heterocycles. The zero-order valence-electron chi connectivity index (χ0n) is 34.3. The SMILES string of the molecule is [2H]c1c([2H])c([2H])c(-c2c3c([2H])c([2H])c([2H])c([2H])c3c(-c3cc4ccccc4c4oc5c6ccccc6ccc5c34)c3c([2H])c([2H])c([2H])c([2H])c23)c([2H])c1[2H]. The highest BCUT2D eigenvalue weighted by Crippen LogP contribution is 2.49. The predicted octanol–water partition coefficient (Wildman–Crippen LogP) is 11.5. The predicted molar refractivity (Wildman–Crippen MR) is 175 cm³/mol. The summed E-state index contributed by atoms with van der Waals surface area (Å²) in [4.78, 5) is 0. The van der Waals surface area contributed by atoms with Crippen molar-refractivity contribution in [3.8, 4) is 22.3 Å². The summed E-state index contributed by atoms with van der Waals surface area (Å²) >= 11 is 0. The molecule has 0 amide bonds. The number of hydrogen-bond donors (Lipinski definition) is 0. The van der Waals surface area contributed by atoms with Crippen LogP contribution < -0.4 is 0 Å². The van der Waals surface area contributed by atoms with Crippen molar-refractivity contribution in [1.82, 2.24) is 0 Å². The molecule has 0 fully saturated rings. The van der Waals surface area contributed by atoms with Crippen LogP contribution in [0.5, 0.6) is 0 Å². The van der Waals surface area contributed by atoms with E-state index < -0.39 is 84.1 Å². The molecule has 0 saturated heterocycles. The topological polar surface area (TPSA) is 13.1 Å². The molecule has 1 aromatic heterocycles. The molecular weight excluding hydrogens is 496 g/mol. The van der Waals surface area contributed by atoms with Crippen molar-refractivity contribution >= 4 is 65.0 Å². The summed E-state index contributed by atoms with van der Waals surface area (Å²) in [5.74, 6) is 0. The number of rotatable bonds is 2. The Morgan fingerprint density at radius 1 is 0.439 bits per heavy atom. The highest BCUT2D eigenvalue weighted by Gasteiger charge is 2.22. The van der Waals surface area contributed by atoms with E-state index in [-0.39, 0.29) is 32.7 Å². The summed E-state index contributed by atoms with van der Waals surface area (Å²) in [5.41, 5.74) is 0.638. The minimum absolute atomic E-state index is 0.0572. The molecule has 0 saturated carbocycles. The van der Waals surface area contributed by atoms with Crippen LogP contribution in [0, 0.1) is 0 Å². The Morgan fingerprint density at radius 3 is 1.68 bits per heavy atom. The molecule has 0 aliphatic heterocycles. The largest absolute Gasteiger partial charge is 0.455 e. The van der Waals surface area contributed by atoms with Crippen molar-refractivity contribution in [3.05, 3.63) is 145 Å². The molecule has 0 aliphatic carbocycles. The zero-order valence-corrected chi connectivity index (χ0v) is 21.3. The van der Waals surface area contributed by atoms with E-state index in [2.05, 4.69) is 0 Å². The number of benzene rings is 8. The van der Waals surface area contributed by atoms with Crippen LogP contribution in [0.3, 0.4) is 0 Å². The van der Waals surface area contributed by atoms with E-state index in [1.807, 2.05) is 66.7 Å². The van der Waals surface area contributed by atoms with Crippen molar-refractivity contribution in [2.24, 2.45) is 0 Å². The summed E-state index contributed by atoms with van der Waals surface area (Å²) < 4.78 is 122. The average Bonchev–Trinajstić information content (AvgIpc) is 3.59. The Balaban J connectivity index is 1.66. The van der Waals surface area contributed by atoms with Gasteiger partial charge in [-0.3, -0.25) is 0 Å². The van der Waals surface area contributed by atoms with Crippen LogP contribution in [-0.2, 0) is 0 Å². The molecule has 0 spiro atoms. The molecule has 9 aromatic rings. The van der Waals surface area contributed by atoms with E-state index in [4.69, 9.17) is 16.8 Å². The van der Waals surface area contributed by atoms with E-state index in [1.54, 1.807) is 0 Å². The van der Waals surface area contributed by atoms with Gasteiger partial charge in [0.15, 0.2) is 0 Å². The first kappa shape index (κ1) is 13.3. The molecule has 190 valence electrons. The summed E-state index contributed by atoms with van der Waals surface area (Å²) in [6.45, 7) is 0. The molecule has 0 unspecified atom stereocenters. The summed E-state index contributed by atoms with van der Waals surface area (Å²) in [7, 11) is 0. The molecular formula is C40H24O. The van der Waals surface area contributed by atoms with Gasteiger partial charge in [0.05, 0.1) is 17.8 Å². The number of hydrogen-bond acceptors (Lipinski definition) is 1. The Labute approximate surface area is 255 Å². The number of furan rings is 1. The Morgan fingerprint density at radius 2 is 1.00 bits per heavy atom. The van der Waals surface area contributed by atoms with E-state index in [9.17, 15) is 5.48 Å². The first-order valence-corrected chi connectivity index (χ1v) is 13.1.